The van der Waals surface area contributed by atoms with Gasteiger partial charge in [-0.1, -0.05) is 11.6 Å². The standard InChI is InChI=1S/C14H10ClN7O/c15-11-2-1-9-6-17-22(14(9)20-11)7-13(23)19-10-3-4-21-12(5-10)16-8-18-21/h1-6,8H,7H2,(H,19,23). The molecule has 0 fully saturated rings. The molecule has 0 spiro atoms. The number of carbonyl (C=O) groups is 1. The summed E-state index contributed by atoms with van der Waals surface area (Å²) >= 11 is 5.89. The lowest BCUT2D eigenvalue weighted by Crippen LogP contribution is -2.19. The molecule has 0 aliphatic heterocycles. The van der Waals surface area contributed by atoms with E-state index in [1.807, 2.05) is 6.07 Å². The Kier molecular flexibility index (Phi) is 3.16. The van der Waals surface area contributed by atoms with Gasteiger partial charge in [-0.3, -0.25) is 4.79 Å². The highest BCUT2D eigenvalue weighted by Crippen LogP contribution is 2.15. The number of aromatic nitrogens is 6. The maximum absolute atomic E-state index is 12.2. The van der Waals surface area contributed by atoms with E-state index in [2.05, 4.69) is 25.5 Å². The molecule has 0 bridgehead atoms. The van der Waals surface area contributed by atoms with E-state index in [1.54, 1.807) is 35.1 Å². The van der Waals surface area contributed by atoms with Crippen LogP contribution in [0.2, 0.25) is 5.15 Å². The number of nitrogens with one attached hydrogen (secondary N) is 1. The van der Waals surface area contributed by atoms with Gasteiger partial charge in [0.15, 0.2) is 11.3 Å². The quantitative estimate of drug-likeness (QED) is 0.579. The predicted molar refractivity (Wildman–Crippen MR) is 84.2 cm³/mol. The van der Waals surface area contributed by atoms with Gasteiger partial charge in [0.05, 0.1) is 6.20 Å². The van der Waals surface area contributed by atoms with Crippen molar-refractivity contribution in [2.24, 2.45) is 0 Å². The van der Waals surface area contributed by atoms with E-state index in [4.69, 9.17) is 11.6 Å². The first-order chi connectivity index (χ1) is 11.2. The van der Waals surface area contributed by atoms with Crippen molar-refractivity contribution in [3.63, 3.8) is 0 Å². The first kappa shape index (κ1) is 13.6. The third-order valence-corrected chi connectivity index (χ3v) is 3.52. The van der Waals surface area contributed by atoms with Crippen molar-refractivity contribution in [2.45, 2.75) is 6.54 Å². The molecule has 8 nitrogen and oxygen atoms in total. The molecule has 4 aromatic heterocycles. The highest BCUT2D eigenvalue weighted by molar-refractivity contribution is 6.29. The molecular formula is C14H10ClN7O. The minimum absolute atomic E-state index is 0.0364. The Morgan fingerprint density at radius 2 is 2.17 bits per heavy atom. The van der Waals surface area contributed by atoms with Crippen LogP contribution in [0.25, 0.3) is 16.7 Å². The van der Waals surface area contributed by atoms with Gasteiger partial charge < -0.3 is 5.32 Å². The van der Waals surface area contributed by atoms with Gasteiger partial charge in [-0.05, 0) is 18.2 Å². The van der Waals surface area contributed by atoms with Crippen LogP contribution < -0.4 is 5.32 Å². The molecule has 0 radical (unpaired) electrons. The molecule has 114 valence electrons. The fourth-order valence-corrected chi connectivity index (χ4v) is 2.42. The van der Waals surface area contributed by atoms with Crippen LogP contribution in [0.3, 0.4) is 0 Å². The van der Waals surface area contributed by atoms with Gasteiger partial charge in [-0.15, -0.1) is 0 Å². The summed E-state index contributed by atoms with van der Waals surface area (Å²) in [6.45, 7) is 0.0364. The monoisotopic (exact) mass is 327 g/mol. The maximum Gasteiger partial charge on any atom is 0.246 e. The van der Waals surface area contributed by atoms with E-state index >= 15 is 0 Å². The zero-order chi connectivity index (χ0) is 15.8. The fraction of sp³-hybridized carbons (Fsp3) is 0.0714. The zero-order valence-corrected chi connectivity index (χ0v) is 12.5. The van der Waals surface area contributed by atoms with E-state index in [-0.39, 0.29) is 12.5 Å². The van der Waals surface area contributed by atoms with Crippen molar-refractivity contribution in [1.29, 1.82) is 0 Å². The summed E-state index contributed by atoms with van der Waals surface area (Å²) in [5, 5.41) is 12.2. The lowest BCUT2D eigenvalue weighted by molar-refractivity contribution is -0.116. The molecule has 1 N–H and O–H groups in total. The molecule has 0 aliphatic rings. The number of hydrogen-bond donors (Lipinski definition) is 1. The molecule has 0 saturated heterocycles. The third kappa shape index (κ3) is 2.59. The van der Waals surface area contributed by atoms with E-state index in [0.29, 0.717) is 22.1 Å². The minimum atomic E-state index is -0.222. The van der Waals surface area contributed by atoms with Crippen molar-refractivity contribution in [1.82, 2.24) is 29.4 Å². The molecule has 1 amide bonds. The normalized spacial score (nSPS) is 11.2. The Morgan fingerprint density at radius 3 is 3.09 bits per heavy atom. The van der Waals surface area contributed by atoms with Gasteiger partial charge >= 0.3 is 0 Å². The summed E-state index contributed by atoms with van der Waals surface area (Å²) < 4.78 is 3.12. The fourth-order valence-electron chi connectivity index (χ4n) is 2.28. The number of amides is 1. The summed E-state index contributed by atoms with van der Waals surface area (Å²) in [5.41, 5.74) is 1.86. The minimum Gasteiger partial charge on any atom is -0.324 e. The molecule has 4 heterocycles. The number of anilines is 1. The van der Waals surface area contributed by atoms with Crippen LogP contribution in [0.4, 0.5) is 5.69 Å². The molecule has 4 aromatic rings. The molecule has 23 heavy (non-hydrogen) atoms. The van der Waals surface area contributed by atoms with Gasteiger partial charge in [0.25, 0.3) is 0 Å². The van der Waals surface area contributed by atoms with Gasteiger partial charge in [-0.2, -0.15) is 10.2 Å². The van der Waals surface area contributed by atoms with Crippen LogP contribution in [0.1, 0.15) is 0 Å². The van der Waals surface area contributed by atoms with Crippen molar-refractivity contribution < 1.29 is 4.79 Å². The molecule has 9 heteroatoms. The number of halogens is 1. The molecule has 0 unspecified atom stereocenters. The van der Waals surface area contributed by atoms with Crippen LogP contribution in [0.15, 0.2) is 43.0 Å². The third-order valence-electron chi connectivity index (χ3n) is 3.31. The summed E-state index contributed by atoms with van der Waals surface area (Å²) in [7, 11) is 0. The van der Waals surface area contributed by atoms with E-state index in [9.17, 15) is 4.79 Å². The maximum atomic E-state index is 12.2. The van der Waals surface area contributed by atoms with Crippen molar-refractivity contribution in [3.05, 3.63) is 48.1 Å². The highest BCUT2D eigenvalue weighted by Gasteiger charge is 2.10. The average molecular weight is 328 g/mol. The van der Waals surface area contributed by atoms with E-state index in [0.717, 1.165) is 5.39 Å². The summed E-state index contributed by atoms with van der Waals surface area (Å²) in [6, 6.07) is 6.98. The Bertz CT molecular complexity index is 1020. The van der Waals surface area contributed by atoms with Crippen LogP contribution in [0.5, 0.6) is 0 Å². The highest BCUT2D eigenvalue weighted by atomic mass is 35.5. The van der Waals surface area contributed by atoms with Gasteiger partial charge in [0.2, 0.25) is 5.91 Å². The number of nitrogens with zero attached hydrogens (tertiary/aromatic N) is 6. The number of rotatable bonds is 3. The van der Waals surface area contributed by atoms with Crippen LogP contribution >= 0.6 is 11.6 Å². The van der Waals surface area contributed by atoms with E-state index < -0.39 is 0 Å². The Morgan fingerprint density at radius 1 is 1.26 bits per heavy atom. The molecule has 0 aliphatic carbocycles. The van der Waals surface area contributed by atoms with Crippen molar-refractivity contribution in [2.75, 3.05) is 5.32 Å². The molecule has 0 atom stereocenters. The smallest absolute Gasteiger partial charge is 0.246 e. The Balaban J connectivity index is 1.55. The zero-order valence-electron chi connectivity index (χ0n) is 11.7. The number of pyridine rings is 2. The summed E-state index contributed by atoms with van der Waals surface area (Å²) in [6.07, 6.45) is 4.82. The second kappa shape index (κ2) is 5.33. The average Bonchev–Trinajstić information content (AvgIpc) is 3.14. The first-order valence-electron chi connectivity index (χ1n) is 6.76. The van der Waals surface area contributed by atoms with E-state index in [1.165, 1.54) is 11.0 Å². The van der Waals surface area contributed by atoms with Gasteiger partial charge in [0.1, 0.15) is 18.0 Å². The molecule has 0 aromatic carbocycles. The molecule has 4 rings (SSSR count). The largest absolute Gasteiger partial charge is 0.324 e. The van der Waals surface area contributed by atoms with Gasteiger partial charge in [-0.25, -0.2) is 19.2 Å². The van der Waals surface area contributed by atoms with Crippen molar-refractivity contribution in [3.8, 4) is 0 Å². The summed E-state index contributed by atoms with van der Waals surface area (Å²) in [4.78, 5) is 20.5. The van der Waals surface area contributed by atoms with Crippen LogP contribution in [-0.4, -0.2) is 35.3 Å². The Labute approximate surface area is 134 Å². The lowest BCUT2D eigenvalue weighted by atomic mass is 10.3. The second-order valence-corrected chi connectivity index (χ2v) is 5.26. The predicted octanol–water partition coefficient (Wildman–Crippen LogP) is 1.77. The van der Waals surface area contributed by atoms with Gasteiger partial charge in [0, 0.05) is 23.3 Å². The van der Waals surface area contributed by atoms with Crippen molar-refractivity contribution >= 4 is 39.9 Å². The SMILES string of the molecule is O=C(Cn1ncc2ccc(Cl)nc21)Nc1ccn2ncnc2c1. The lowest BCUT2D eigenvalue weighted by Gasteiger charge is -2.06. The number of hydrogen-bond acceptors (Lipinski definition) is 5. The molecular weight excluding hydrogens is 318 g/mol. The second-order valence-electron chi connectivity index (χ2n) is 4.88. The van der Waals surface area contributed by atoms with Crippen LogP contribution in [0, 0.1) is 0 Å². The molecule has 0 saturated carbocycles. The Hall–Kier alpha value is -3.00. The topological polar surface area (TPSA) is 90.0 Å². The number of carbonyl (C=O) groups excluding carboxylic acids is 1. The number of fused-ring (bicyclic) bond motifs is 2. The first-order valence-corrected chi connectivity index (χ1v) is 7.14. The summed E-state index contributed by atoms with van der Waals surface area (Å²) in [5.74, 6) is -0.222. The van der Waals surface area contributed by atoms with Crippen LogP contribution in [-0.2, 0) is 11.3 Å².